The molecule has 0 fully saturated rings. The molecule has 0 saturated heterocycles. The molecule has 0 aromatic heterocycles. The maximum atomic E-state index is 10.9. The van der Waals surface area contributed by atoms with Crippen molar-refractivity contribution in [3.05, 3.63) is 12.3 Å². The molecule has 0 aliphatic carbocycles. The van der Waals surface area contributed by atoms with Gasteiger partial charge in [0, 0.05) is 5.92 Å². The van der Waals surface area contributed by atoms with Crippen molar-refractivity contribution in [1.82, 2.24) is 0 Å². The number of methoxy groups -OCH3 is 2. The lowest BCUT2D eigenvalue weighted by Crippen LogP contribution is -2.08. The second-order valence-electron chi connectivity index (χ2n) is 3.35. The summed E-state index contributed by atoms with van der Waals surface area (Å²) in [5, 5.41) is 0. The monoisotopic (exact) mass is 254 g/mol. The van der Waals surface area contributed by atoms with E-state index in [1.54, 1.807) is 0 Å². The number of hydrogen-bond acceptors (Lipinski definition) is 5. The van der Waals surface area contributed by atoms with Gasteiger partial charge in [0.1, 0.15) is 0 Å². The van der Waals surface area contributed by atoms with Crippen molar-refractivity contribution in [2.45, 2.75) is 32.3 Å². The van der Waals surface area contributed by atoms with Gasteiger partial charge < -0.3 is 14.2 Å². The van der Waals surface area contributed by atoms with Crippen molar-refractivity contribution < 1.29 is 23.8 Å². The highest BCUT2D eigenvalue weighted by Gasteiger charge is 2.04. The lowest BCUT2D eigenvalue weighted by molar-refractivity contribution is -0.135. The number of carbonyl (C=O) groups is 2. The Balaban J connectivity index is 4.38. The van der Waals surface area contributed by atoms with Crippen LogP contribution in [0.5, 0.6) is 0 Å². The SMILES string of the molecule is CCCCC(C#CC(=O)OC)O/C=C/C(=O)OC. The normalized spacial score (nSPS) is 11.3. The van der Waals surface area contributed by atoms with Crippen LogP contribution in [0.4, 0.5) is 0 Å². The second-order valence-corrected chi connectivity index (χ2v) is 3.35. The lowest BCUT2D eigenvalue weighted by atomic mass is 10.1. The van der Waals surface area contributed by atoms with Crippen LogP contribution in [0.15, 0.2) is 12.3 Å². The summed E-state index contributed by atoms with van der Waals surface area (Å²) >= 11 is 0. The molecule has 5 nitrogen and oxygen atoms in total. The number of unbranched alkanes of at least 4 members (excludes halogenated alkanes) is 1. The molecule has 0 aromatic carbocycles. The molecule has 0 amide bonds. The molecule has 0 rings (SSSR count). The quantitative estimate of drug-likeness (QED) is 0.236. The van der Waals surface area contributed by atoms with Crippen molar-refractivity contribution in [2.75, 3.05) is 14.2 Å². The fourth-order valence-corrected chi connectivity index (χ4v) is 1.01. The smallest absolute Gasteiger partial charge is 0.384 e. The summed E-state index contributed by atoms with van der Waals surface area (Å²) in [7, 11) is 2.54. The average Bonchev–Trinajstić information content (AvgIpc) is 2.40. The molecule has 5 heteroatoms. The van der Waals surface area contributed by atoms with Crippen molar-refractivity contribution in [2.24, 2.45) is 0 Å². The Morgan fingerprint density at radius 1 is 1.28 bits per heavy atom. The molecule has 0 saturated carbocycles. The summed E-state index contributed by atoms with van der Waals surface area (Å²) in [5.41, 5.74) is 0. The van der Waals surface area contributed by atoms with E-state index in [4.69, 9.17) is 4.74 Å². The van der Waals surface area contributed by atoms with Gasteiger partial charge in [-0.3, -0.25) is 0 Å². The fourth-order valence-electron chi connectivity index (χ4n) is 1.01. The Kier molecular flexibility index (Phi) is 9.10. The standard InChI is InChI=1S/C13H18O5/c1-4-5-6-11(7-8-12(14)16-2)18-10-9-13(15)17-3/h9-11H,4-6H2,1-3H3/b10-9+. The fraction of sp³-hybridized carbons (Fsp3) is 0.538. The molecule has 100 valence electrons. The van der Waals surface area contributed by atoms with Gasteiger partial charge in [-0.1, -0.05) is 13.3 Å². The highest BCUT2D eigenvalue weighted by molar-refractivity contribution is 5.88. The van der Waals surface area contributed by atoms with Gasteiger partial charge in [0.2, 0.25) is 0 Å². The lowest BCUT2D eigenvalue weighted by Gasteiger charge is -2.09. The van der Waals surface area contributed by atoms with Gasteiger partial charge in [-0.15, -0.1) is 0 Å². The number of rotatable bonds is 6. The first-order chi connectivity index (χ1) is 8.63. The van der Waals surface area contributed by atoms with E-state index in [2.05, 4.69) is 21.3 Å². The van der Waals surface area contributed by atoms with Crippen LogP contribution in [0, 0.1) is 11.8 Å². The topological polar surface area (TPSA) is 61.8 Å². The zero-order chi connectivity index (χ0) is 13.8. The van der Waals surface area contributed by atoms with Crippen LogP contribution in [0.25, 0.3) is 0 Å². The minimum Gasteiger partial charge on any atom is -0.485 e. The van der Waals surface area contributed by atoms with Crippen LogP contribution in [0.3, 0.4) is 0 Å². The van der Waals surface area contributed by atoms with Gasteiger partial charge in [0.15, 0.2) is 6.10 Å². The van der Waals surface area contributed by atoms with Gasteiger partial charge in [-0.25, -0.2) is 9.59 Å². The second kappa shape index (κ2) is 10.2. The van der Waals surface area contributed by atoms with Crippen molar-refractivity contribution in [3.63, 3.8) is 0 Å². The number of carbonyl (C=O) groups excluding carboxylic acids is 2. The Bertz CT molecular complexity index is 348. The molecular weight excluding hydrogens is 236 g/mol. The van der Waals surface area contributed by atoms with Crippen LogP contribution in [-0.2, 0) is 23.8 Å². The summed E-state index contributed by atoms with van der Waals surface area (Å²) in [6.45, 7) is 2.04. The summed E-state index contributed by atoms with van der Waals surface area (Å²) in [6, 6.07) is 0. The van der Waals surface area contributed by atoms with E-state index in [9.17, 15) is 9.59 Å². The minimum absolute atomic E-state index is 0.440. The molecule has 0 spiro atoms. The Morgan fingerprint density at radius 3 is 2.56 bits per heavy atom. The van der Waals surface area contributed by atoms with Crippen molar-refractivity contribution in [3.8, 4) is 11.8 Å². The van der Waals surface area contributed by atoms with E-state index in [1.165, 1.54) is 20.5 Å². The van der Waals surface area contributed by atoms with Crippen LogP contribution in [0.2, 0.25) is 0 Å². The molecule has 18 heavy (non-hydrogen) atoms. The van der Waals surface area contributed by atoms with Gasteiger partial charge >= 0.3 is 11.9 Å². The molecule has 1 atom stereocenters. The van der Waals surface area contributed by atoms with E-state index in [0.29, 0.717) is 6.42 Å². The molecular formula is C13H18O5. The first-order valence-corrected chi connectivity index (χ1v) is 5.63. The first kappa shape index (κ1) is 16.0. The summed E-state index contributed by atoms with van der Waals surface area (Å²) in [5.74, 6) is 3.83. The third kappa shape index (κ3) is 8.22. The molecule has 0 aliphatic rings. The Morgan fingerprint density at radius 2 is 2.00 bits per heavy atom. The maximum absolute atomic E-state index is 10.9. The van der Waals surface area contributed by atoms with Crippen LogP contribution < -0.4 is 0 Å². The molecule has 0 radical (unpaired) electrons. The zero-order valence-electron chi connectivity index (χ0n) is 10.9. The van der Waals surface area contributed by atoms with Gasteiger partial charge in [-0.2, -0.15) is 0 Å². The van der Waals surface area contributed by atoms with Crippen LogP contribution in [-0.4, -0.2) is 32.3 Å². The van der Waals surface area contributed by atoms with Crippen molar-refractivity contribution >= 4 is 11.9 Å². The van der Waals surface area contributed by atoms with E-state index >= 15 is 0 Å². The first-order valence-electron chi connectivity index (χ1n) is 5.63. The number of ether oxygens (including phenoxy) is 3. The van der Waals surface area contributed by atoms with E-state index in [-0.39, 0.29) is 0 Å². The van der Waals surface area contributed by atoms with Crippen molar-refractivity contribution in [1.29, 1.82) is 0 Å². The summed E-state index contributed by atoms with van der Waals surface area (Å²) in [4.78, 5) is 21.7. The van der Waals surface area contributed by atoms with Crippen LogP contribution >= 0.6 is 0 Å². The summed E-state index contributed by atoms with van der Waals surface area (Å²) < 4.78 is 14.1. The van der Waals surface area contributed by atoms with Gasteiger partial charge in [-0.05, 0) is 18.8 Å². The molecule has 0 heterocycles. The third-order valence-electron chi connectivity index (χ3n) is 1.99. The van der Waals surface area contributed by atoms with E-state index < -0.39 is 18.0 Å². The molecule has 1 unspecified atom stereocenters. The predicted octanol–water partition coefficient (Wildman–Crippen LogP) is 1.42. The highest BCUT2D eigenvalue weighted by atomic mass is 16.5. The van der Waals surface area contributed by atoms with E-state index in [0.717, 1.165) is 18.9 Å². The predicted molar refractivity (Wildman–Crippen MR) is 65.3 cm³/mol. The number of hydrogen-bond donors (Lipinski definition) is 0. The molecule has 0 aliphatic heterocycles. The Labute approximate surface area is 107 Å². The van der Waals surface area contributed by atoms with Gasteiger partial charge in [0.25, 0.3) is 0 Å². The maximum Gasteiger partial charge on any atom is 0.384 e. The minimum atomic E-state index is -0.614. The highest BCUT2D eigenvalue weighted by Crippen LogP contribution is 2.04. The Hall–Kier alpha value is -1.96. The molecule has 0 bridgehead atoms. The number of esters is 2. The zero-order valence-corrected chi connectivity index (χ0v) is 10.9. The van der Waals surface area contributed by atoms with Crippen LogP contribution in [0.1, 0.15) is 26.2 Å². The third-order valence-corrected chi connectivity index (χ3v) is 1.99. The molecule has 0 N–H and O–H groups in total. The largest absolute Gasteiger partial charge is 0.485 e. The molecule has 0 aromatic rings. The summed E-state index contributed by atoms with van der Waals surface area (Å²) in [6.07, 6.45) is 4.50. The van der Waals surface area contributed by atoms with E-state index in [1.807, 2.05) is 6.92 Å². The van der Waals surface area contributed by atoms with Gasteiger partial charge in [0.05, 0.1) is 26.6 Å². The average molecular weight is 254 g/mol.